The minimum absolute atomic E-state index is 0.0762. The van der Waals surface area contributed by atoms with E-state index in [4.69, 9.17) is 11.6 Å². The van der Waals surface area contributed by atoms with Gasteiger partial charge < -0.3 is 10.6 Å². The monoisotopic (exact) mass is 433 g/mol. The topological polar surface area (TPSA) is 44.4 Å². The molecule has 4 rings (SSSR count). The minimum atomic E-state index is -3.00. The van der Waals surface area contributed by atoms with Gasteiger partial charge in [0, 0.05) is 36.8 Å². The largest absolute Gasteiger partial charge is 0.355 e. The average Bonchev–Trinajstić information content (AvgIpc) is 3.13. The molecular formula is C23H26ClF2N3O. The van der Waals surface area contributed by atoms with Gasteiger partial charge in [-0.05, 0) is 48.1 Å². The van der Waals surface area contributed by atoms with Crippen molar-refractivity contribution in [1.29, 1.82) is 0 Å². The number of amides is 1. The van der Waals surface area contributed by atoms with Gasteiger partial charge in [0.05, 0.1) is 12.6 Å². The van der Waals surface area contributed by atoms with Crippen LogP contribution in [0.15, 0.2) is 36.4 Å². The molecule has 1 unspecified atom stereocenters. The molecule has 2 aliphatic rings. The van der Waals surface area contributed by atoms with E-state index in [0.29, 0.717) is 11.6 Å². The summed E-state index contributed by atoms with van der Waals surface area (Å²) in [5.41, 5.74) is 4.03. The molecule has 0 bridgehead atoms. The van der Waals surface area contributed by atoms with Crippen molar-refractivity contribution in [3.05, 3.63) is 69.2 Å². The van der Waals surface area contributed by atoms with Crippen molar-refractivity contribution in [1.82, 2.24) is 15.5 Å². The Bertz CT molecular complexity index is 950. The van der Waals surface area contributed by atoms with Gasteiger partial charge in [0.2, 0.25) is 5.91 Å². The number of carbonyl (C=O) groups is 1. The number of nitrogens with zero attached hydrogens (tertiary/aromatic N) is 1. The van der Waals surface area contributed by atoms with Crippen LogP contribution in [-0.4, -0.2) is 29.9 Å². The third kappa shape index (κ3) is 4.51. The molecule has 0 radical (unpaired) electrons. The molecule has 0 saturated carbocycles. The van der Waals surface area contributed by atoms with Crippen molar-refractivity contribution in [2.45, 2.75) is 51.4 Å². The Balaban J connectivity index is 1.35. The smallest absolute Gasteiger partial charge is 0.285 e. The highest BCUT2D eigenvalue weighted by atomic mass is 35.5. The van der Waals surface area contributed by atoms with Crippen molar-refractivity contribution < 1.29 is 13.6 Å². The van der Waals surface area contributed by atoms with E-state index in [1.54, 1.807) is 13.0 Å². The highest BCUT2D eigenvalue weighted by Gasteiger charge is 2.33. The summed E-state index contributed by atoms with van der Waals surface area (Å²) >= 11 is 6.00. The van der Waals surface area contributed by atoms with Crippen LogP contribution in [0.5, 0.6) is 0 Å². The number of carbonyl (C=O) groups excluding carboxylic acids is 1. The first kappa shape index (κ1) is 21.2. The summed E-state index contributed by atoms with van der Waals surface area (Å²) in [6.07, 6.45) is 1.88. The van der Waals surface area contributed by atoms with Crippen LogP contribution in [0.2, 0.25) is 5.02 Å². The zero-order valence-corrected chi connectivity index (χ0v) is 17.7. The zero-order chi connectivity index (χ0) is 21.3. The maximum Gasteiger partial charge on any atom is 0.285 e. The number of alkyl halides is 2. The van der Waals surface area contributed by atoms with Gasteiger partial charge in [-0.3, -0.25) is 9.69 Å². The number of nitrogens with one attached hydrogen (secondary N) is 2. The molecule has 0 spiro atoms. The molecule has 1 saturated heterocycles. The van der Waals surface area contributed by atoms with E-state index in [1.807, 2.05) is 12.1 Å². The molecule has 160 valence electrons. The maximum atomic E-state index is 14.5. The summed E-state index contributed by atoms with van der Waals surface area (Å²) in [7, 11) is 0. The summed E-state index contributed by atoms with van der Waals surface area (Å²) in [4.78, 5) is 14.3. The normalized spacial score (nSPS) is 19.6. The number of benzene rings is 2. The second kappa shape index (κ2) is 8.61. The number of hydrogen-bond donors (Lipinski definition) is 2. The van der Waals surface area contributed by atoms with Crippen LogP contribution in [-0.2, 0) is 30.4 Å². The zero-order valence-electron chi connectivity index (χ0n) is 17.0. The number of fused-ring (bicyclic) bond motifs is 1. The number of halogens is 3. The lowest BCUT2D eigenvalue weighted by atomic mass is 10.1. The molecule has 2 N–H and O–H groups in total. The van der Waals surface area contributed by atoms with Crippen LogP contribution in [0.3, 0.4) is 0 Å². The maximum absolute atomic E-state index is 14.5. The van der Waals surface area contributed by atoms with Crippen molar-refractivity contribution in [2.24, 2.45) is 0 Å². The third-order valence-electron chi connectivity index (χ3n) is 5.98. The van der Waals surface area contributed by atoms with Crippen LogP contribution >= 0.6 is 11.6 Å². The van der Waals surface area contributed by atoms with Crippen molar-refractivity contribution in [2.75, 3.05) is 13.1 Å². The fourth-order valence-electron chi connectivity index (χ4n) is 4.20. The van der Waals surface area contributed by atoms with Crippen LogP contribution in [0.4, 0.5) is 8.78 Å². The summed E-state index contributed by atoms with van der Waals surface area (Å²) in [6.45, 7) is 3.92. The molecule has 2 heterocycles. The average molecular weight is 434 g/mol. The highest BCUT2D eigenvalue weighted by Crippen LogP contribution is 2.31. The minimum Gasteiger partial charge on any atom is -0.355 e. The first-order valence-corrected chi connectivity index (χ1v) is 10.7. The predicted octanol–water partition coefficient (Wildman–Crippen LogP) is 4.12. The second-order valence-electron chi connectivity index (χ2n) is 8.23. The van der Waals surface area contributed by atoms with Gasteiger partial charge >= 0.3 is 0 Å². The molecule has 1 fully saturated rings. The van der Waals surface area contributed by atoms with Gasteiger partial charge in [-0.25, -0.2) is 0 Å². The van der Waals surface area contributed by atoms with Crippen LogP contribution in [0.1, 0.15) is 40.7 Å². The van der Waals surface area contributed by atoms with Gasteiger partial charge in [-0.2, -0.15) is 8.78 Å². The Hall–Kier alpha value is -2.02. The molecule has 0 aliphatic carbocycles. The van der Waals surface area contributed by atoms with Crippen LogP contribution in [0, 0.1) is 6.92 Å². The Morgan fingerprint density at radius 1 is 1.20 bits per heavy atom. The number of aryl methyl sites for hydroxylation is 1. The Morgan fingerprint density at radius 3 is 2.77 bits per heavy atom. The molecule has 30 heavy (non-hydrogen) atoms. The molecule has 4 nitrogen and oxygen atoms in total. The van der Waals surface area contributed by atoms with E-state index in [2.05, 4.69) is 21.6 Å². The number of hydrogen-bond acceptors (Lipinski definition) is 3. The molecule has 2 aromatic carbocycles. The molecule has 0 aromatic heterocycles. The molecule has 1 amide bonds. The van der Waals surface area contributed by atoms with Crippen molar-refractivity contribution in [3.63, 3.8) is 0 Å². The first-order valence-electron chi connectivity index (χ1n) is 10.3. The summed E-state index contributed by atoms with van der Waals surface area (Å²) in [5, 5.41) is 6.16. The number of rotatable bonds is 6. The van der Waals surface area contributed by atoms with E-state index in [1.165, 1.54) is 23.3 Å². The molecule has 2 aliphatic heterocycles. The lowest BCUT2D eigenvalue weighted by molar-refractivity contribution is -0.128. The third-order valence-corrected chi connectivity index (χ3v) is 6.39. The quantitative estimate of drug-likeness (QED) is 0.720. The Kier molecular flexibility index (Phi) is 6.09. The Morgan fingerprint density at radius 2 is 2.00 bits per heavy atom. The van der Waals surface area contributed by atoms with Gasteiger partial charge in [-0.1, -0.05) is 41.9 Å². The fraction of sp³-hybridized carbons (Fsp3) is 0.435. The lowest BCUT2D eigenvalue weighted by Gasteiger charge is -2.29. The van der Waals surface area contributed by atoms with Gasteiger partial charge in [0.1, 0.15) is 0 Å². The SMILES string of the molecule is Cc1ccc(C(F)(F)CNCc2ccc3c(c2)CN(C2CCCNC2=O)C3)cc1Cl. The highest BCUT2D eigenvalue weighted by molar-refractivity contribution is 6.31. The standard InChI is InChI=1S/C23H26ClF2N3O/c1-15-4-7-19(10-20(15)24)23(25,26)14-27-11-16-5-6-17-12-29(13-18(17)9-16)21-3-2-8-28-22(21)30/h4-7,9-10,21,27H,2-3,8,11-14H2,1H3,(H,28,30). The first-order chi connectivity index (χ1) is 14.3. The lowest BCUT2D eigenvalue weighted by Crippen LogP contribution is -2.48. The van der Waals surface area contributed by atoms with E-state index in [-0.39, 0.29) is 17.5 Å². The summed E-state index contributed by atoms with van der Waals surface area (Å²) in [5.74, 6) is -2.89. The molecular weight excluding hydrogens is 408 g/mol. The van der Waals surface area contributed by atoms with Gasteiger partial charge in [0.25, 0.3) is 5.92 Å². The molecule has 2 aromatic rings. The van der Waals surface area contributed by atoms with E-state index in [9.17, 15) is 13.6 Å². The molecule has 1 atom stereocenters. The van der Waals surface area contributed by atoms with Crippen LogP contribution < -0.4 is 10.6 Å². The van der Waals surface area contributed by atoms with Crippen LogP contribution in [0.25, 0.3) is 0 Å². The summed E-state index contributed by atoms with van der Waals surface area (Å²) in [6, 6.07) is 10.4. The van der Waals surface area contributed by atoms with Gasteiger partial charge in [-0.15, -0.1) is 0 Å². The van der Waals surface area contributed by atoms with E-state index >= 15 is 0 Å². The van der Waals surface area contributed by atoms with Crippen molar-refractivity contribution in [3.8, 4) is 0 Å². The molecule has 7 heteroatoms. The van der Waals surface area contributed by atoms with Crippen molar-refractivity contribution >= 4 is 17.5 Å². The predicted molar refractivity (Wildman–Crippen MR) is 114 cm³/mol. The fourth-order valence-corrected chi connectivity index (χ4v) is 4.38. The van der Waals surface area contributed by atoms with Gasteiger partial charge in [0.15, 0.2) is 0 Å². The number of piperidine rings is 1. The van der Waals surface area contributed by atoms with E-state index in [0.717, 1.165) is 43.6 Å². The summed E-state index contributed by atoms with van der Waals surface area (Å²) < 4.78 is 29.0. The van der Waals surface area contributed by atoms with E-state index < -0.39 is 12.5 Å². The second-order valence-corrected chi connectivity index (χ2v) is 8.64. The Labute approximate surface area is 180 Å².